The van der Waals surface area contributed by atoms with Gasteiger partial charge in [-0.1, -0.05) is 0 Å². The minimum atomic E-state index is -0.422. The molecule has 0 radical (unpaired) electrons. The van der Waals surface area contributed by atoms with Crippen molar-refractivity contribution >= 4 is 18.7 Å². The van der Waals surface area contributed by atoms with Gasteiger partial charge in [0.1, 0.15) is 5.66 Å². The van der Waals surface area contributed by atoms with Gasteiger partial charge in [-0.3, -0.25) is 0 Å². The molecule has 0 bridgehead atoms. The second-order valence-electron chi connectivity index (χ2n) is 5.94. The predicted molar refractivity (Wildman–Crippen MR) is 78.0 cm³/mol. The first-order chi connectivity index (χ1) is 8.80. The van der Waals surface area contributed by atoms with Crippen molar-refractivity contribution in [3.05, 3.63) is 12.1 Å². The molecule has 19 heavy (non-hydrogen) atoms. The Labute approximate surface area is 116 Å². The molecule has 0 N–H and O–H groups in total. The molecule has 0 aliphatic carbocycles. The van der Waals surface area contributed by atoms with Crippen LogP contribution in [0.2, 0.25) is 0 Å². The summed E-state index contributed by atoms with van der Waals surface area (Å²) >= 11 is 0. The molecule has 0 atom stereocenters. The molecule has 2 rings (SSSR count). The van der Waals surface area contributed by atoms with E-state index in [-0.39, 0.29) is 11.2 Å². The van der Waals surface area contributed by atoms with Crippen LogP contribution < -0.4 is 10.6 Å². The van der Waals surface area contributed by atoms with E-state index in [4.69, 9.17) is 13.7 Å². The van der Waals surface area contributed by atoms with Gasteiger partial charge in [0.25, 0.3) is 0 Å². The van der Waals surface area contributed by atoms with Crippen molar-refractivity contribution in [3.8, 4) is 0 Å². The number of nitrogens with zero attached hydrogens (tertiary/aromatic N) is 1. The summed E-state index contributed by atoms with van der Waals surface area (Å²) in [7, 11) is -0.422. The molecule has 0 saturated carbocycles. The Morgan fingerprint density at radius 1 is 1.00 bits per heavy atom. The van der Waals surface area contributed by atoms with Crippen LogP contribution in [0.25, 0.3) is 0 Å². The Morgan fingerprint density at radius 2 is 1.53 bits per heavy atom. The van der Waals surface area contributed by atoms with E-state index in [1.807, 2.05) is 39.8 Å². The summed E-state index contributed by atoms with van der Waals surface area (Å²) < 4.78 is 17.8. The number of anilines is 1. The molecule has 0 amide bonds. The van der Waals surface area contributed by atoms with Crippen LogP contribution >= 0.6 is 0 Å². The molecule has 1 aromatic rings. The zero-order chi connectivity index (χ0) is 14.3. The third-order valence-corrected chi connectivity index (χ3v) is 4.17. The maximum absolute atomic E-state index is 5.98. The zero-order valence-corrected chi connectivity index (χ0v) is 12.8. The quantitative estimate of drug-likeness (QED) is 0.783. The first-order valence-corrected chi connectivity index (χ1v) is 7.01. The van der Waals surface area contributed by atoms with Crippen LogP contribution in [0.1, 0.15) is 41.5 Å². The Hall–Kier alpha value is -0.935. The summed E-state index contributed by atoms with van der Waals surface area (Å²) in [5.41, 5.74) is 0.0696. The van der Waals surface area contributed by atoms with Crippen molar-refractivity contribution in [1.29, 1.82) is 0 Å². The summed E-state index contributed by atoms with van der Waals surface area (Å²) in [5.74, 6) is 0.870. The fraction of sp³-hybridized carbons (Fsp3) is 0.714. The maximum atomic E-state index is 5.98. The first kappa shape index (κ1) is 14.5. The Bertz CT molecular complexity index is 422. The molecular formula is C14H24BNO3. The highest BCUT2D eigenvalue weighted by Crippen LogP contribution is 2.36. The van der Waals surface area contributed by atoms with Crippen LogP contribution in [-0.2, 0) is 9.31 Å². The SMILES string of the molecule is CCN(CC)c1ccc(B2OC(C)(C)C(C)(C)O2)o1. The van der Waals surface area contributed by atoms with Crippen molar-refractivity contribution in [3.63, 3.8) is 0 Å². The zero-order valence-electron chi connectivity index (χ0n) is 12.8. The molecule has 1 aromatic heterocycles. The largest absolute Gasteiger partial charge is 0.532 e. The monoisotopic (exact) mass is 265 g/mol. The molecule has 1 fully saturated rings. The first-order valence-electron chi connectivity index (χ1n) is 7.01. The molecule has 4 nitrogen and oxygen atoms in total. The lowest BCUT2D eigenvalue weighted by Gasteiger charge is -2.32. The number of hydrogen-bond donors (Lipinski definition) is 0. The molecule has 2 heterocycles. The predicted octanol–water partition coefficient (Wildman–Crippen LogP) is 2.43. The van der Waals surface area contributed by atoms with E-state index in [0.717, 1.165) is 24.6 Å². The van der Waals surface area contributed by atoms with Gasteiger partial charge in [0.15, 0.2) is 5.88 Å². The second-order valence-corrected chi connectivity index (χ2v) is 5.94. The summed E-state index contributed by atoms with van der Waals surface area (Å²) in [6.45, 7) is 14.2. The highest BCUT2D eigenvalue weighted by molar-refractivity contribution is 6.60. The van der Waals surface area contributed by atoms with Crippen LogP contribution in [0.4, 0.5) is 5.88 Å². The van der Waals surface area contributed by atoms with E-state index < -0.39 is 7.12 Å². The smallest absolute Gasteiger partial charge is 0.449 e. The molecule has 0 spiro atoms. The van der Waals surface area contributed by atoms with Crippen molar-refractivity contribution in [2.24, 2.45) is 0 Å². The van der Waals surface area contributed by atoms with E-state index in [1.54, 1.807) is 0 Å². The van der Waals surface area contributed by atoms with Crippen LogP contribution in [0, 0.1) is 0 Å². The van der Waals surface area contributed by atoms with Gasteiger partial charge in [0.2, 0.25) is 0 Å². The van der Waals surface area contributed by atoms with E-state index in [1.165, 1.54) is 0 Å². The minimum Gasteiger partial charge on any atom is -0.449 e. The van der Waals surface area contributed by atoms with Crippen molar-refractivity contribution in [2.75, 3.05) is 18.0 Å². The average molecular weight is 265 g/mol. The number of hydrogen-bond acceptors (Lipinski definition) is 4. The second kappa shape index (κ2) is 4.87. The number of furan rings is 1. The normalized spacial score (nSPS) is 20.8. The topological polar surface area (TPSA) is 34.8 Å². The maximum Gasteiger partial charge on any atom is 0.532 e. The summed E-state index contributed by atoms with van der Waals surface area (Å²) in [4.78, 5) is 2.16. The standard InChI is InChI=1S/C14H24BNO3/c1-7-16(8-2)12-10-9-11(17-12)15-18-13(3,4)14(5,6)19-15/h9-10H,7-8H2,1-6H3. The van der Waals surface area contributed by atoms with Crippen LogP contribution in [0.15, 0.2) is 16.5 Å². The summed E-state index contributed by atoms with van der Waals surface area (Å²) in [5, 5.41) is 0. The van der Waals surface area contributed by atoms with Gasteiger partial charge in [-0.25, -0.2) is 0 Å². The van der Waals surface area contributed by atoms with Crippen LogP contribution in [0.3, 0.4) is 0 Å². The summed E-state index contributed by atoms with van der Waals surface area (Å²) in [6, 6.07) is 3.92. The molecule has 0 unspecified atom stereocenters. The molecule has 106 valence electrons. The molecule has 1 saturated heterocycles. The van der Waals surface area contributed by atoms with Crippen LogP contribution in [0.5, 0.6) is 0 Å². The summed E-state index contributed by atoms with van der Waals surface area (Å²) in [6.07, 6.45) is 0. The highest BCUT2D eigenvalue weighted by Gasteiger charge is 2.53. The fourth-order valence-electron chi connectivity index (χ4n) is 2.13. The highest BCUT2D eigenvalue weighted by atomic mass is 16.7. The molecule has 1 aliphatic rings. The molecule has 0 aromatic carbocycles. The van der Waals surface area contributed by atoms with Crippen LogP contribution in [-0.4, -0.2) is 31.4 Å². The van der Waals surface area contributed by atoms with E-state index >= 15 is 0 Å². The van der Waals surface area contributed by atoms with Gasteiger partial charge < -0.3 is 18.6 Å². The Kier molecular flexibility index (Phi) is 3.71. The third-order valence-electron chi connectivity index (χ3n) is 4.17. The van der Waals surface area contributed by atoms with Gasteiger partial charge >= 0.3 is 7.12 Å². The van der Waals surface area contributed by atoms with Crippen molar-refractivity contribution in [1.82, 2.24) is 0 Å². The van der Waals surface area contributed by atoms with Crippen molar-refractivity contribution in [2.45, 2.75) is 52.7 Å². The van der Waals surface area contributed by atoms with Gasteiger partial charge in [-0.15, -0.1) is 0 Å². The van der Waals surface area contributed by atoms with E-state index in [9.17, 15) is 0 Å². The Balaban J connectivity index is 2.17. The lowest BCUT2D eigenvalue weighted by atomic mass is 9.86. The van der Waals surface area contributed by atoms with E-state index in [2.05, 4.69) is 18.7 Å². The lowest BCUT2D eigenvalue weighted by Crippen LogP contribution is -2.41. The van der Waals surface area contributed by atoms with Gasteiger partial charge in [-0.05, 0) is 47.6 Å². The van der Waals surface area contributed by atoms with E-state index in [0.29, 0.717) is 0 Å². The number of rotatable bonds is 4. The van der Waals surface area contributed by atoms with Crippen molar-refractivity contribution < 1.29 is 13.7 Å². The third kappa shape index (κ3) is 2.54. The van der Waals surface area contributed by atoms with Gasteiger partial charge in [0.05, 0.1) is 11.2 Å². The van der Waals surface area contributed by atoms with Gasteiger partial charge in [0, 0.05) is 19.2 Å². The molecular weight excluding hydrogens is 241 g/mol. The minimum absolute atomic E-state index is 0.334. The molecule has 1 aliphatic heterocycles. The van der Waals surface area contributed by atoms with Gasteiger partial charge in [-0.2, -0.15) is 0 Å². The molecule has 5 heteroatoms. The average Bonchev–Trinajstić information content (AvgIpc) is 2.85. The lowest BCUT2D eigenvalue weighted by molar-refractivity contribution is 0.00578. The Morgan fingerprint density at radius 3 is 2.00 bits per heavy atom. The fourth-order valence-corrected chi connectivity index (χ4v) is 2.13.